The lowest BCUT2D eigenvalue weighted by atomic mass is 10.1. The third kappa shape index (κ3) is 78.3. The molecule has 0 aromatic rings. The van der Waals surface area contributed by atoms with E-state index in [1.165, 1.54) is 0 Å². The second kappa shape index (κ2) is 79.3. The summed E-state index contributed by atoms with van der Waals surface area (Å²) >= 11 is 0. The fraction of sp³-hybridized carbons (Fsp3) is 0.618. The van der Waals surface area contributed by atoms with E-state index in [-0.39, 0.29) is 25.7 Å². The average molecular weight is 1550 g/mol. The predicted molar refractivity (Wildman–Crippen MR) is 445 cm³/mol. The SMILES string of the molecule is CC/C=C\C/C=C\C/C=C\C/C=C\C/C=C\CCCC(=O)OCC(COP(=O)(O)OCC(O)COP(=O)(O)OCC(COC(=O)CCCCCC/C=C\C/C=C\C/C=C\C/C=C\CC)OC(=O)CCCCCCCCC/C=C\C/C=C\C/C=C\CC)OC(=O)CCCCCCCCC/C=C\C/C=C\C/C=C\CC. The first-order valence-corrected chi connectivity index (χ1v) is 44.0. The molecule has 3 N–H and O–H groups in total. The van der Waals surface area contributed by atoms with Gasteiger partial charge in [0.15, 0.2) is 12.2 Å². The summed E-state index contributed by atoms with van der Waals surface area (Å²) in [5.74, 6) is -2.30. The van der Waals surface area contributed by atoms with E-state index in [9.17, 15) is 43.2 Å². The van der Waals surface area contributed by atoms with Gasteiger partial charge in [-0.25, -0.2) is 9.13 Å². The Bertz CT molecular complexity index is 2760. The molecule has 108 heavy (non-hydrogen) atoms. The maximum Gasteiger partial charge on any atom is 0.472 e. The van der Waals surface area contributed by atoms with Gasteiger partial charge in [0.05, 0.1) is 26.4 Å². The monoisotopic (exact) mass is 1550 g/mol. The van der Waals surface area contributed by atoms with E-state index >= 15 is 0 Å². The third-order valence-corrected chi connectivity index (χ3v) is 18.3. The van der Waals surface area contributed by atoms with Crippen LogP contribution in [0.4, 0.5) is 0 Å². The third-order valence-electron chi connectivity index (χ3n) is 16.4. The highest BCUT2D eigenvalue weighted by Gasteiger charge is 2.30. The molecule has 0 aliphatic rings. The van der Waals surface area contributed by atoms with E-state index in [0.29, 0.717) is 32.1 Å². The molecule has 5 unspecified atom stereocenters. The van der Waals surface area contributed by atoms with Crippen LogP contribution in [0.2, 0.25) is 0 Å². The van der Waals surface area contributed by atoms with Crippen molar-refractivity contribution in [1.29, 1.82) is 0 Å². The zero-order valence-corrected chi connectivity index (χ0v) is 68.7. The van der Waals surface area contributed by atoms with Crippen LogP contribution in [0.5, 0.6) is 0 Å². The summed E-state index contributed by atoms with van der Waals surface area (Å²) in [7, 11) is -10.0. The number of hydrogen-bond donors (Lipinski definition) is 3. The molecule has 0 rings (SSSR count). The van der Waals surface area contributed by atoms with Crippen LogP contribution in [0, 0.1) is 0 Å². The summed E-state index contributed by atoms with van der Waals surface area (Å²) in [5, 5.41) is 10.7. The fourth-order valence-electron chi connectivity index (χ4n) is 10.3. The number of aliphatic hydroxyl groups excluding tert-OH is 1. The molecule has 0 saturated carbocycles. The quantitative estimate of drug-likeness (QED) is 0.0169. The van der Waals surface area contributed by atoms with Crippen molar-refractivity contribution in [1.82, 2.24) is 0 Å². The number of hydrogen-bond acceptors (Lipinski definition) is 15. The predicted octanol–water partition coefficient (Wildman–Crippen LogP) is 24.3. The van der Waals surface area contributed by atoms with Gasteiger partial charge >= 0.3 is 39.5 Å². The zero-order chi connectivity index (χ0) is 78.9. The number of unbranched alkanes of at least 4 members (excludes halogenated alkanes) is 19. The van der Waals surface area contributed by atoms with Crippen molar-refractivity contribution in [3.63, 3.8) is 0 Å². The van der Waals surface area contributed by atoms with E-state index in [0.717, 1.165) is 212 Å². The lowest BCUT2D eigenvalue weighted by Crippen LogP contribution is -2.30. The van der Waals surface area contributed by atoms with Crippen LogP contribution in [-0.4, -0.2) is 96.7 Å². The van der Waals surface area contributed by atoms with Gasteiger partial charge in [-0.05, 0) is 167 Å². The van der Waals surface area contributed by atoms with Gasteiger partial charge in [0.1, 0.15) is 19.3 Å². The second-order valence-electron chi connectivity index (χ2n) is 26.5. The lowest BCUT2D eigenvalue weighted by Gasteiger charge is -2.21. The minimum absolute atomic E-state index is 0.0643. The van der Waals surface area contributed by atoms with Gasteiger partial charge in [-0.1, -0.05) is 287 Å². The molecule has 0 bridgehead atoms. The maximum atomic E-state index is 13.1. The normalized spacial score (nSPS) is 14.8. The molecule has 0 heterocycles. The number of carbonyl (C=O) groups is 4. The standard InChI is InChI=1S/C89H144O17P2/c1-5-9-13-17-21-25-29-33-37-41-45-49-53-57-61-65-69-73-86(91)99-79-84(105-88(93)75-71-67-63-59-55-51-47-43-39-35-31-27-23-19-15-11-7-3)81-103-107(95,96)101-77-83(90)78-102-108(97,98)104-82-85(106-89(94)76-72-68-64-60-56-52-48-44-40-36-32-28-24-20-16-12-8-4)80-100-87(92)74-70-66-62-58-54-50-46-42-38-34-30-26-22-18-14-10-6-2/h9-16,21-28,33-40,45-46,49-50,57,61,83-85,90H,5-8,17-20,29-32,41-44,47-48,51-56,58-60,62-82H2,1-4H3,(H,95,96)(H,97,98)/b13-9-,14-10-,15-11-,16-12-,25-21-,26-22-,27-23-,28-24-,37-33-,38-34-,39-35-,40-36-,49-45-,50-46-,61-57-. The summed E-state index contributed by atoms with van der Waals surface area (Å²) in [5.41, 5.74) is 0. The summed E-state index contributed by atoms with van der Waals surface area (Å²) < 4.78 is 68.7. The average Bonchev–Trinajstić information content (AvgIpc) is 0.880. The highest BCUT2D eigenvalue weighted by atomic mass is 31.2. The largest absolute Gasteiger partial charge is 0.472 e. The van der Waals surface area contributed by atoms with Crippen molar-refractivity contribution in [2.24, 2.45) is 0 Å². The van der Waals surface area contributed by atoms with Crippen LogP contribution in [0.15, 0.2) is 182 Å². The van der Waals surface area contributed by atoms with Crippen molar-refractivity contribution < 1.29 is 80.2 Å². The highest BCUT2D eigenvalue weighted by Crippen LogP contribution is 2.45. The summed E-state index contributed by atoms with van der Waals surface area (Å²) in [6.45, 7) is 4.31. The first kappa shape index (κ1) is 102. The Morgan fingerprint density at radius 1 is 0.259 bits per heavy atom. The van der Waals surface area contributed by atoms with E-state index in [4.69, 9.17) is 37.0 Å². The number of ether oxygens (including phenoxy) is 4. The molecule has 17 nitrogen and oxygen atoms in total. The van der Waals surface area contributed by atoms with Crippen LogP contribution in [0.3, 0.4) is 0 Å². The van der Waals surface area contributed by atoms with Gasteiger partial charge in [-0.2, -0.15) is 0 Å². The molecule has 0 fully saturated rings. The number of phosphoric acid groups is 2. The number of rotatable bonds is 75. The number of esters is 4. The van der Waals surface area contributed by atoms with Crippen molar-refractivity contribution in [3.05, 3.63) is 182 Å². The van der Waals surface area contributed by atoms with Crippen LogP contribution in [0.1, 0.15) is 297 Å². The molecule has 19 heteroatoms. The summed E-state index contributed by atoms with van der Waals surface area (Å²) in [6.07, 6.45) is 95.8. The smallest absolute Gasteiger partial charge is 0.462 e. The molecule has 612 valence electrons. The molecule has 0 amide bonds. The minimum atomic E-state index is -5.01. The van der Waals surface area contributed by atoms with Gasteiger partial charge in [-0.15, -0.1) is 0 Å². The highest BCUT2D eigenvalue weighted by molar-refractivity contribution is 7.47. The van der Waals surface area contributed by atoms with Crippen molar-refractivity contribution in [2.45, 2.75) is 316 Å². The topological polar surface area (TPSA) is 237 Å². The lowest BCUT2D eigenvalue weighted by molar-refractivity contribution is -0.161. The molecule has 0 aromatic heterocycles. The van der Waals surface area contributed by atoms with Crippen molar-refractivity contribution in [2.75, 3.05) is 39.6 Å². The summed E-state index contributed by atoms with van der Waals surface area (Å²) in [6, 6.07) is 0. The Morgan fingerprint density at radius 2 is 0.463 bits per heavy atom. The maximum absolute atomic E-state index is 13.1. The Morgan fingerprint density at radius 3 is 0.731 bits per heavy atom. The van der Waals surface area contributed by atoms with Gasteiger partial charge < -0.3 is 33.8 Å². The van der Waals surface area contributed by atoms with E-state index in [1.54, 1.807) is 0 Å². The number of carbonyl (C=O) groups excluding carboxylic acids is 4. The number of aliphatic hydroxyl groups is 1. The summed E-state index contributed by atoms with van der Waals surface area (Å²) in [4.78, 5) is 73.2. The van der Waals surface area contributed by atoms with Crippen LogP contribution in [0.25, 0.3) is 0 Å². The van der Waals surface area contributed by atoms with Crippen LogP contribution in [-0.2, 0) is 65.4 Å². The van der Waals surface area contributed by atoms with Crippen LogP contribution >= 0.6 is 15.6 Å². The van der Waals surface area contributed by atoms with E-state index in [1.807, 2.05) is 12.2 Å². The second-order valence-corrected chi connectivity index (χ2v) is 29.4. The van der Waals surface area contributed by atoms with E-state index in [2.05, 4.69) is 198 Å². The molecule has 5 atom stereocenters. The molecule has 0 spiro atoms. The Hall–Kier alpha value is -5.84. The molecule has 0 aliphatic carbocycles. The van der Waals surface area contributed by atoms with Gasteiger partial charge in [-0.3, -0.25) is 37.3 Å². The first-order chi connectivity index (χ1) is 52.7. The fourth-order valence-corrected chi connectivity index (χ4v) is 11.9. The van der Waals surface area contributed by atoms with E-state index < -0.39 is 97.5 Å². The van der Waals surface area contributed by atoms with Gasteiger partial charge in [0.25, 0.3) is 0 Å². The van der Waals surface area contributed by atoms with Gasteiger partial charge in [0.2, 0.25) is 0 Å². The molecular weight excluding hydrogens is 1400 g/mol. The van der Waals surface area contributed by atoms with Crippen molar-refractivity contribution >= 4 is 39.5 Å². The van der Waals surface area contributed by atoms with Gasteiger partial charge in [0, 0.05) is 25.7 Å². The van der Waals surface area contributed by atoms with Crippen LogP contribution < -0.4 is 0 Å². The molecule has 0 aliphatic heterocycles. The Labute approximate surface area is 654 Å². The molecule has 0 radical (unpaired) electrons. The number of allylic oxidation sites excluding steroid dienone is 30. The number of phosphoric ester groups is 2. The Kier molecular flexibility index (Phi) is 75.0. The Balaban J connectivity index is 5.48. The van der Waals surface area contributed by atoms with Crippen molar-refractivity contribution in [3.8, 4) is 0 Å². The molecule has 0 aromatic carbocycles. The molecule has 0 saturated heterocycles. The minimum Gasteiger partial charge on any atom is -0.462 e. The first-order valence-electron chi connectivity index (χ1n) is 41.0. The zero-order valence-electron chi connectivity index (χ0n) is 66.9. The molecular formula is C89H144O17P2.